The van der Waals surface area contributed by atoms with Crippen molar-refractivity contribution < 1.29 is 0 Å². The molecule has 0 saturated heterocycles. The second-order valence-corrected chi connectivity index (χ2v) is 10.5. The Labute approximate surface area is 185 Å². The van der Waals surface area contributed by atoms with Crippen LogP contribution < -0.4 is 0 Å². The van der Waals surface area contributed by atoms with Gasteiger partial charge in [0.1, 0.15) is 0 Å². The molecule has 3 aliphatic carbocycles. The van der Waals surface area contributed by atoms with Gasteiger partial charge in [-0.3, -0.25) is 4.98 Å². The van der Waals surface area contributed by atoms with Crippen LogP contribution in [-0.2, 0) is 6.42 Å². The van der Waals surface area contributed by atoms with E-state index in [0.717, 1.165) is 46.2 Å². The van der Waals surface area contributed by atoms with Gasteiger partial charge in [0.15, 0.2) is 5.82 Å². The molecule has 0 radical (unpaired) electrons. The highest BCUT2D eigenvalue weighted by molar-refractivity contribution is 5.92. The molecule has 3 nitrogen and oxygen atoms in total. The molecule has 2 heterocycles. The summed E-state index contributed by atoms with van der Waals surface area (Å²) in [6, 6.07) is 10.6. The molecule has 2 fully saturated rings. The van der Waals surface area contributed by atoms with Crippen LogP contribution >= 0.6 is 0 Å². The summed E-state index contributed by atoms with van der Waals surface area (Å²) in [4.78, 5) is 15.1. The molecule has 1 spiro atoms. The third-order valence-electron chi connectivity index (χ3n) is 9.09. The normalized spacial score (nSPS) is 26.7. The molecular formula is C28H33N3. The zero-order chi connectivity index (χ0) is 21.2. The van der Waals surface area contributed by atoms with Crippen molar-refractivity contribution in [1.29, 1.82) is 0 Å². The van der Waals surface area contributed by atoms with E-state index in [1.807, 2.05) is 0 Å². The smallest absolute Gasteiger partial charge is 0.160 e. The first-order valence-electron chi connectivity index (χ1n) is 12.3. The topological polar surface area (TPSA) is 38.7 Å². The van der Waals surface area contributed by atoms with Crippen molar-refractivity contribution in [1.82, 2.24) is 15.0 Å². The molecule has 31 heavy (non-hydrogen) atoms. The van der Waals surface area contributed by atoms with Crippen LogP contribution in [0.5, 0.6) is 0 Å². The number of hydrogen-bond donors (Lipinski definition) is 0. The molecule has 2 aromatic heterocycles. The number of aromatic nitrogens is 3. The van der Waals surface area contributed by atoms with Crippen molar-refractivity contribution in [2.45, 2.75) is 78.1 Å². The lowest BCUT2D eigenvalue weighted by atomic mass is 9.54. The van der Waals surface area contributed by atoms with E-state index in [1.54, 1.807) is 0 Å². The summed E-state index contributed by atoms with van der Waals surface area (Å²) < 4.78 is 0. The molecule has 0 aliphatic heterocycles. The Kier molecular flexibility index (Phi) is 4.45. The van der Waals surface area contributed by atoms with Gasteiger partial charge >= 0.3 is 0 Å². The van der Waals surface area contributed by atoms with E-state index in [0.29, 0.717) is 11.3 Å². The van der Waals surface area contributed by atoms with E-state index >= 15 is 0 Å². The predicted molar refractivity (Wildman–Crippen MR) is 126 cm³/mol. The highest BCUT2D eigenvalue weighted by atomic mass is 14.9. The van der Waals surface area contributed by atoms with Gasteiger partial charge in [0.2, 0.25) is 0 Å². The van der Waals surface area contributed by atoms with Gasteiger partial charge < -0.3 is 0 Å². The van der Waals surface area contributed by atoms with Crippen molar-refractivity contribution in [3.05, 3.63) is 53.0 Å². The third kappa shape index (κ3) is 2.96. The van der Waals surface area contributed by atoms with Gasteiger partial charge in [-0.05, 0) is 87.3 Å². The number of para-hydroxylation sites is 1. The summed E-state index contributed by atoms with van der Waals surface area (Å²) in [5, 5.41) is 1.15. The Morgan fingerprint density at radius 2 is 1.74 bits per heavy atom. The van der Waals surface area contributed by atoms with Gasteiger partial charge in [0.25, 0.3) is 0 Å². The Morgan fingerprint density at radius 3 is 2.58 bits per heavy atom. The van der Waals surface area contributed by atoms with Crippen LogP contribution in [0.3, 0.4) is 0 Å². The fourth-order valence-electron chi connectivity index (χ4n) is 7.42. The molecular weight excluding hydrogens is 378 g/mol. The van der Waals surface area contributed by atoms with Gasteiger partial charge in [-0.25, -0.2) is 9.97 Å². The molecule has 3 heteroatoms. The van der Waals surface area contributed by atoms with Crippen LogP contribution in [0.15, 0.2) is 30.3 Å². The predicted octanol–water partition coefficient (Wildman–Crippen LogP) is 6.94. The lowest BCUT2D eigenvalue weighted by Crippen LogP contribution is -2.42. The lowest BCUT2D eigenvalue weighted by Gasteiger charge is -2.50. The lowest BCUT2D eigenvalue weighted by molar-refractivity contribution is 0.0331. The molecule has 0 amide bonds. The fraction of sp³-hybridized carbons (Fsp3) is 0.536. The van der Waals surface area contributed by atoms with Gasteiger partial charge in [0.05, 0.1) is 11.2 Å². The van der Waals surface area contributed by atoms with E-state index in [2.05, 4.69) is 51.1 Å². The van der Waals surface area contributed by atoms with Crippen molar-refractivity contribution >= 4 is 10.9 Å². The number of benzene rings is 1. The van der Waals surface area contributed by atoms with Crippen LogP contribution in [0.2, 0.25) is 0 Å². The molecule has 1 aromatic carbocycles. The van der Waals surface area contributed by atoms with E-state index in [4.69, 9.17) is 15.0 Å². The van der Waals surface area contributed by atoms with E-state index < -0.39 is 0 Å². The highest BCUT2D eigenvalue weighted by Crippen LogP contribution is 2.60. The molecule has 3 aromatic rings. The maximum Gasteiger partial charge on any atom is 0.160 e. The van der Waals surface area contributed by atoms with Crippen molar-refractivity contribution in [2.24, 2.45) is 17.3 Å². The largest absolute Gasteiger partial charge is 0.253 e. The first-order chi connectivity index (χ1) is 15.1. The standard InChI is InChI=1S/C28H33N3/c1-17-16-24(22-8-4-5-9-25(22)29-17)27-30-19(3)21-11-10-20-18(2)28(13-6-7-14-28)15-12-23(20)26(21)31-27/h4-5,8-9,16,18,20,23H,6-7,10-15H2,1-3H3. The summed E-state index contributed by atoms with van der Waals surface area (Å²) in [5.74, 6) is 3.12. The van der Waals surface area contributed by atoms with E-state index in [-0.39, 0.29) is 0 Å². The Balaban J connectivity index is 1.46. The summed E-state index contributed by atoms with van der Waals surface area (Å²) in [7, 11) is 0. The zero-order valence-corrected chi connectivity index (χ0v) is 19.1. The second-order valence-electron chi connectivity index (χ2n) is 10.5. The molecule has 0 bridgehead atoms. The quantitative estimate of drug-likeness (QED) is 0.435. The zero-order valence-electron chi connectivity index (χ0n) is 19.1. The van der Waals surface area contributed by atoms with Gasteiger partial charge in [0, 0.05) is 28.3 Å². The van der Waals surface area contributed by atoms with Crippen molar-refractivity contribution in [2.75, 3.05) is 0 Å². The maximum atomic E-state index is 5.33. The number of aryl methyl sites for hydroxylation is 2. The van der Waals surface area contributed by atoms with E-state index in [1.165, 1.54) is 61.9 Å². The van der Waals surface area contributed by atoms with Crippen LogP contribution in [0, 0.1) is 31.1 Å². The summed E-state index contributed by atoms with van der Waals surface area (Å²) in [6.07, 6.45) is 11.0. The molecule has 2 saturated carbocycles. The molecule has 0 N–H and O–H groups in total. The number of nitrogens with zero attached hydrogens (tertiary/aromatic N) is 3. The average Bonchev–Trinajstić information content (AvgIpc) is 3.25. The minimum Gasteiger partial charge on any atom is -0.253 e. The van der Waals surface area contributed by atoms with Gasteiger partial charge in [-0.1, -0.05) is 38.0 Å². The summed E-state index contributed by atoms with van der Waals surface area (Å²) >= 11 is 0. The van der Waals surface area contributed by atoms with Crippen LogP contribution in [0.4, 0.5) is 0 Å². The summed E-state index contributed by atoms with van der Waals surface area (Å²) in [5.41, 5.74) is 7.82. The first kappa shape index (κ1) is 19.4. The molecule has 6 rings (SSSR count). The first-order valence-corrected chi connectivity index (χ1v) is 12.3. The molecule has 3 aliphatic rings. The molecule has 3 unspecified atom stereocenters. The van der Waals surface area contributed by atoms with Crippen LogP contribution in [-0.4, -0.2) is 15.0 Å². The number of fused-ring (bicyclic) bond motifs is 4. The Hall–Kier alpha value is -2.29. The van der Waals surface area contributed by atoms with Crippen LogP contribution in [0.25, 0.3) is 22.3 Å². The fourth-order valence-corrected chi connectivity index (χ4v) is 7.42. The molecule has 160 valence electrons. The minimum atomic E-state index is 0.611. The Bertz CT molecular complexity index is 1160. The monoisotopic (exact) mass is 411 g/mol. The second kappa shape index (κ2) is 7.12. The van der Waals surface area contributed by atoms with Crippen LogP contribution in [0.1, 0.15) is 80.4 Å². The van der Waals surface area contributed by atoms with Crippen molar-refractivity contribution in [3.63, 3.8) is 0 Å². The number of hydrogen-bond acceptors (Lipinski definition) is 3. The van der Waals surface area contributed by atoms with Crippen molar-refractivity contribution in [3.8, 4) is 11.4 Å². The Morgan fingerprint density at radius 1 is 0.935 bits per heavy atom. The maximum absolute atomic E-state index is 5.33. The average molecular weight is 412 g/mol. The minimum absolute atomic E-state index is 0.611. The van der Waals surface area contributed by atoms with Gasteiger partial charge in [-0.2, -0.15) is 0 Å². The third-order valence-corrected chi connectivity index (χ3v) is 9.09. The number of pyridine rings is 1. The van der Waals surface area contributed by atoms with E-state index in [9.17, 15) is 0 Å². The number of rotatable bonds is 1. The molecule has 3 atom stereocenters. The highest BCUT2D eigenvalue weighted by Gasteiger charge is 2.50. The summed E-state index contributed by atoms with van der Waals surface area (Å²) in [6.45, 7) is 6.84. The SMILES string of the molecule is Cc1cc(-c2nc(C)c3c(n2)C2CCC4(CCCC4)C(C)C2CC3)c2ccccc2n1. The van der Waals surface area contributed by atoms with Gasteiger partial charge in [-0.15, -0.1) is 0 Å².